The highest BCUT2D eigenvalue weighted by atomic mass is 16.5. The molecule has 2 heterocycles. The maximum atomic E-state index is 12.2. The Morgan fingerprint density at radius 2 is 1.88 bits per heavy atom. The van der Waals surface area contributed by atoms with Crippen molar-refractivity contribution in [2.45, 2.75) is 0 Å². The molecule has 6 heteroatoms. The molecule has 0 aliphatic rings. The van der Waals surface area contributed by atoms with E-state index < -0.39 is 0 Å². The molecule has 0 aliphatic carbocycles. The molecule has 0 spiro atoms. The van der Waals surface area contributed by atoms with Gasteiger partial charge in [0.05, 0.1) is 7.11 Å². The predicted octanol–water partition coefficient (Wildman–Crippen LogP) is 4.35. The zero-order valence-electron chi connectivity index (χ0n) is 13.4. The summed E-state index contributed by atoms with van der Waals surface area (Å²) in [4.78, 5) is 12.2. The molecule has 6 nitrogen and oxygen atoms in total. The van der Waals surface area contributed by atoms with Crippen LogP contribution >= 0.6 is 0 Å². The van der Waals surface area contributed by atoms with E-state index in [1.54, 1.807) is 37.4 Å². The van der Waals surface area contributed by atoms with Crippen LogP contribution in [0.5, 0.6) is 5.75 Å². The molecule has 0 fully saturated rings. The van der Waals surface area contributed by atoms with Crippen LogP contribution in [0.3, 0.4) is 0 Å². The van der Waals surface area contributed by atoms with Crippen molar-refractivity contribution >= 4 is 22.7 Å². The molecule has 0 saturated heterocycles. The van der Waals surface area contributed by atoms with Gasteiger partial charge in [-0.05, 0) is 24.3 Å². The number of carbonyl (C=O) groups excluding carboxylic acids is 1. The SMILES string of the molecule is COc1cccc2cc(-c3cc(NC(=O)c4ccccc4)no3)oc12. The van der Waals surface area contributed by atoms with Crippen LogP contribution in [0.15, 0.2) is 69.6 Å². The molecule has 0 unspecified atom stereocenters. The lowest BCUT2D eigenvalue weighted by molar-refractivity contribution is 0.102. The fourth-order valence-corrected chi connectivity index (χ4v) is 2.55. The number of para-hydroxylation sites is 1. The van der Waals surface area contributed by atoms with E-state index in [1.165, 1.54) is 0 Å². The highest BCUT2D eigenvalue weighted by Gasteiger charge is 2.15. The van der Waals surface area contributed by atoms with Gasteiger partial charge in [0.15, 0.2) is 22.9 Å². The standard InChI is InChI=1S/C19H14N2O4/c1-23-14-9-5-8-13-10-15(24-18(13)14)16-11-17(21-25-16)20-19(22)12-6-3-2-4-7-12/h2-11H,1H3,(H,20,21,22). The van der Waals surface area contributed by atoms with Gasteiger partial charge in [-0.15, -0.1) is 0 Å². The number of nitrogens with one attached hydrogen (secondary N) is 1. The molecule has 0 atom stereocenters. The Morgan fingerprint density at radius 3 is 2.68 bits per heavy atom. The van der Waals surface area contributed by atoms with Gasteiger partial charge in [-0.3, -0.25) is 4.79 Å². The summed E-state index contributed by atoms with van der Waals surface area (Å²) in [5.41, 5.74) is 1.17. The van der Waals surface area contributed by atoms with Crippen molar-refractivity contribution < 1.29 is 18.5 Å². The first-order chi connectivity index (χ1) is 12.2. The normalized spacial score (nSPS) is 10.8. The number of fused-ring (bicyclic) bond motifs is 1. The molecule has 0 radical (unpaired) electrons. The summed E-state index contributed by atoms with van der Waals surface area (Å²) >= 11 is 0. The number of carbonyl (C=O) groups is 1. The number of furan rings is 1. The average molecular weight is 334 g/mol. The summed E-state index contributed by atoms with van der Waals surface area (Å²) in [7, 11) is 1.59. The third-order valence-corrected chi connectivity index (χ3v) is 3.76. The van der Waals surface area contributed by atoms with Crippen LogP contribution in [0.1, 0.15) is 10.4 Å². The maximum Gasteiger partial charge on any atom is 0.256 e. The minimum Gasteiger partial charge on any atom is -0.493 e. The first-order valence-electron chi connectivity index (χ1n) is 7.64. The topological polar surface area (TPSA) is 77.5 Å². The third-order valence-electron chi connectivity index (χ3n) is 3.76. The van der Waals surface area contributed by atoms with Crippen LogP contribution in [-0.2, 0) is 0 Å². The van der Waals surface area contributed by atoms with Crippen molar-refractivity contribution in [1.82, 2.24) is 5.16 Å². The van der Waals surface area contributed by atoms with E-state index in [1.807, 2.05) is 30.3 Å². The smallest absolute Gasteiger partial charge is 0.256 e. The van der Waals surface area contributed by atoms with Gasteiger partial charge in [0.1, 0.15) is 0 Å². The molecule has 0 bridgehead atoms. The number of benzene rings is 2. The number of nitrogens with zero attached hydrogens (tertiary/aromatic N) is 1. The fraction of sp³-hybridized carbons (Fsp3) is 0.0526. The number of ether oxygens (including phenoxy) is 1. The summed E-state index contributed by atoms with van der Waals surface area (Å²) in [5.74, 6) is 1.62. The summed E-state index contributed by atoms with van der Waals surface area (Å²) in [6.45, 7) is 0. The van der Waals surface area contributed by atoms with Gasteiger partial charge in [0.2, 0.25) is 5.76 Å². The lowest BCUT2D eigenvalue weighted by Crippen LogP contribution is -2.11. The van der Waals surface area contributed by atoms with E-state index >= 15 is 0 Å². The van der Waals surface area contributed by atoms with Crippen molar-refractivity contribution in [3.63, 3.8) is 0 Å². The summed E-state index contributed by atoms with van der Waals surface area (Å²) in [6, 6.07) is 18.0. The molecule has 1 N–H and O–H groups in total. The van der Waals surface area contributed by atoms with Gasteiger partial charge in [0, 0.05) is 17.0 Å². The largest absolute Gasteiger partial charge is 0.493 e. The molecule has 0 aliphatic heterocycles. The van der Waals surface area contributed by atoms with Crippen LogP contribution in [0.25, 0.3) is 22.5 Å². The van der Waals surface area contributed by atoms with Crippen molar-refractivity contribution in [2.75, 3.05) is 12.4 Å². The van der Waals surface area contributed by atoms with Gasteiger partial charge in [-0.1, -0.05) is 35.5 Å². The molecule has 2 aromatic heterocycles. The minimum absolute atomic E-state index is 0.258. The molecule has 2 aromatic carbocycles. The maximum absolute atomic E-state index is 12.2. The molecule has 25 heavy (non-hydrogen) atoms. The van der Waals surface area contributed by atoms with Gasteiger partial charge in [0.25, 0.3) is 5.91 Å². The number of amides is 1. The molecular formula is C19H14N2O4. The number of hydrogen-bond donors (Lipinski definition) is 1. The monoisotopic (exact) mass is 334 g/mol. The average Bonchev–Trinajstić information content (AvgIpc) is 3.28. The zero-order chi connectivity index (χ0) is 17.2. The quantitative estimate of drug-likeness (QED) is 0.600. The summed E-state index contributed by atoms with van der Waals surface area (Å²) in [5, 5.41) is 7.46. The number of rotatable bonds is 4. The second-order valence-electron chi connectivity index (χ2n) is 5.39. The Balaban J connectivity index is 1.60. The first-order valence-corrected chi connectivity index (χ1v) is 7.64. The molecule has 4 rings (SSSR count). The van der Waals surface area contributed by atoms with E-state index in [4.69, 9.17) is 13.7 Å². The third kappa shape index (κ3) is 2.85. The molecule has 4 aromatic rings. The Labute approximate surface area is 143 Å². The molecule has 124 valence electrons. The first kappa shape index (κ1) is 15.0. The Hall–Kier alpha value is -3.54. The molecular weight excluding hydrogens is 320 g/mol. The van der Waals surface area contributed by atoms with Crippen molar-refractivity contribution in [1.29, 1.82) is 0 Å². The van der Waals surface area contributed by atoms with Crippen LogP contribution in [-0.4, -0.2) is 18.2 Å². The van der Waals surface area contributed by atoms with Crippen LogP contribution in [0.4, 0.5) is 5.82 Å². The van der Waals surface area contributed by atoms with E-state index in [0.29, 0.717) is 34.2 Å². The van der Waals surface area contributed by atoms with E-state index in [-0.39, 0.29) is 5.91 Å². The van der Waals surface area contributed by atoms with Crippen molar-refractivity contribution in [2.24, 2.45) is 0 Å². The number of anilines is 1. The van der Waals surface area contributed by atoms with Crippen molar-refractivity contribution in [3.8, 4) is 17.3 Å². The van der Waals surface area contributed by atoms with Crippen LogP contribution < -0.4 is 10.1 Å². The summed E-state index contributed by atoms with van der Waals surface area (Å²) < 4.78 is 16.4. The Morgan fingerprint density at radius 1 is 1.04 bits per heavy atom. The molecule has 1 amide bonds. The zero-order valence-corrected chi connectivity index (χ0v) is 13.4. The highest BCUT2D eigenvalue weighted by Crippen LogP contribution is 2.34. The van der Waals surface area contributed by atoms with Crippen LogP contribution in [0.2, 0.25) is 0 Å². The van der Waals surface area contributed by atoms with Gasteiger partial charge >= 0.3 is 0 Å². The number of hydrogen-bond acceptors (Lipinski definition) is 5. The summed E-state index contributed by atoms with van der Waals surface area (Å²) in [6.07, 6.45) is 0. The lowest BCUT2D eigenvalue weighted by Gasteiger charge is -1.99. The fourth-order valence-electron chi connectivity index (χ4n) is 2.55. The van der Waals surface area contributed by atoms with Crippen LogP contribution in [0, 0.1) is 0 Å². The number of aromatic nitrogens is 1. The minimum atomic E-state index is -0.258. The van der Waals surface area contributed by atoms with E-state index in [9.17, 15) is 4.79 Å². The highest BCUT2D eigenvalue weighted by molar-refractivity contribution is 6.03. The lowest BCUT2D eigenvalue weighted by atomic mass is 10.2. The Bertz CT molecular complexity index is 1030. The molecule has 0 saturated carbocycles. The van der Waals surface area contributed by atoms with E-state index in [2.05, 4.69) is 10.5 Å². The van der Waals surface area contributed by atoms with Gasteiger partial charge < -0.3 is 19.0 Å². The van der Waals surface area contributed by atoms with Gasteiger partial charge in [-0.25, -0.2) is 0 Å². The number of methoxy groups -OCH3 is 1. The van der Waals surface area contributed by atoms with Gasteiger partial charge in [-0.2, -0.15) is 0 Å². The Kier molecular flexibility index (Phi) is 3.70. The predicted molar refractivity (Wildman–Crippen MR) is 92.7 cm³/mol. The second-order valence-corrected chi connectivity index (χ2v) is 5.39. The second kappa shape index (κ2) is 6.16. The van der Waals surface area contributed by atoms with Crippen molar-refractivity contribution in [3.05, 3.63) is 66.2 Å². The van der Waals surface area contributed by atoms with E-state index in [0.717, 1.165) is 5.39 Å².